The topological polar surface area (TPSA) is 37.4 Å². The van der Waals surface area contributed by atoms with Crippen LogP contribution >= 0.6 is 0 Å². The van der Waals surface area contributed by atoms with Crippen molar-refractivity contribution in [2.45, 2.75) is 20.3 Å². The first-order valence-electron chi connectivity index (χ1n) is 4.81. The standard InChI is InChI=1S/C9H17NO2S/c1-7(2)9-4-8(9)5-10(6-9)13(3,11)12/h7-8H,4-6H2,1-3H3. The zero-order valence-corrected chi connectivity index (χ0v) is 9.26. The third kappa shape index (κ3) is 1.31. The van der Waals surface area contributed by atoms with Crippen LogP contribution in [0.1, 0.15) is 20.3 Å². The summed E-state index contributed by atoms with van der Waals surface area (Å²) in [6, 6.07) is 0. The summed E-state index contributed by atoms with van der Waals surface area (Å²) < 4.78 is 24.2. The number of nitrogens with zero attached hydrogens (tertiary/aromatic N) is 1. The Kier molecular flexibility index (Phi) is 1.81. The van der Waals surface area contributed by atoms with E-state index in [2.05, 4.69) is 13.8 Å². The van der Waals surface area contributed by atoms with Gasteiger partial charge in [-0.1, -0.05) is 13.8 Å². The third-order valence-electron chi connectivity index (χ3n) is 3.79. The molecule has 2 atom stereocenters. The molecule has 1 aliphatic carbocycles. The Morgan fingerprint density at radius 3 is 2.38 bits per heavy atom. The maximum Gasteiger partial charge on any atom is 0.211 e. The zero-order valence-electron chi connectivity index (χ0n) is 8.45. The van der Waals surface area contributed by atoms with Gasteiger partial charge in [0.1, 0.15) is 0 Å². The molecule has 76 valence electrons. The molecular formula is C9H17NO2S. The fraction of sp³-hybridized carbons (Fsp3) is 1.00. The zero-order chi connectivity index (χ0) is 9.85. The largest absolute Gasteiger partial charge is 0.213 e. The van der Waals surface area contributed by atoms with Crippen molar-refractivity contribution in [2.75, 3.05) is 19.3 Å². The number of piperidine rings is 1. The molecule has 0 N–H and O–H groups in total. The molecule has 1 heterocycles. The number of rotatable bonds is 2. The molecule has 2 aliphatic rings. The molecule has 13 heavy (non-hydrogen) atoms. The van der Waals surface area contributed by atoms with Crippen molar-refractivity contribution in [3.05, 3.63) is 0 Å². The molecule has 0 aromatic rings. The Bertz CT molecular complexity index is 323. The lowest BCUT2D eigenvalue weighted by Crippen LogP contribution is -2.32. The minimum atomic E-state index is -2.94. The molecule has 2 fully saturated rings. The third-order valence-corrected chi connectivity index (χ3v) is 5.01. The number of hydrogen-bond acceptors (Lipinski definition) is 2. The van der Waals surface area contributed by atoms with Crippen molar-refractivity contribution >= 4 is 10.0 Å². The highest BCUT2D eigenvalue weighted by atomic mass is 32.2. The summed E-state index contributed by atoms with van der Waals surface area (Å²) in [7, 11) is -2.94. The second-order valence-electron chi connectivity index (χ2n) is 4.84. The first kappa shape index (κ1) is 9.46. The fourth-order valence-corrected chi connectivity index (χ4v) is 3.55. The van der Waals surface area contributed by atoms with Crippen LogP contribution < -0.4 is 0 Å². The minimum absolute atomic E-state index is 0.336. The van der Waals surface area contributed by atoms with Crippen LogP contribution in [0.4, 0.5) is 0 Å². The molecule has 0 radical (unpaired) electrons. The Hall–Kier alpha value is -0.0900. The van der Waals surface area contributed by atoms with Gasteiger partial charge in [0.15, 0.2) is 0 Å². The second kappa shape index (κ2) is 2.48. The number of fused-ring (bicyclic) bond motifs is 1. The van der Waals surface area contributed by atoms with Crippen molar-refractivity contribution < 1.29 is 8.42 Å². The molecule has 1 aliphatic heterocycles. The van der Waals surface area contributed by atoms with Gasteiger partial charge in [0.25, 0.3) is 0 Å². The van der Waals surface area contributed by atoms with Gasteiger partial charge in [-0.25, -0.2) is 12.7 Å². The molecule has 0 aromatic heterocycles. The van der Waals surface area contributed by atoms with E-state index in [-0.39, 0.29) is 0 Å². The lowest BCUT2D eigenvalue weighted by Gasteiger charge is -2.21. The van der Waals surface area contributed by atoms with E-state index in [0.29, 0.717) is 17.3 Å². The van der Waals surface area contributed by atoms with Crippen LogP contribution in [0.15, 0.2) is 0 Å². The van der Waals surface area contributed by atoms with E-state index in [4.69, 9.17) is 0 Å². The van der Waals surface area contributed by atoms with Gasteiger partial charge in [-0.2, -0.15) is 0 Å². The van der Waals surface area contributed by atoms with Crippen LogP contribution in [0.25, 0.3) is 0 Å². The predicted octanol–water partition coefficient (Wildman–Crippen LogP) is 0.924. The molecule has 3 nitrogen and oxygen atoms in total. The van der Waals surface area contributed by atoms with E-state index < -0.39 is 10.0 Å². The van der Waals surface area contributed by atoms with Gasteiger partial charge in [-0.15, -0.1) is 0 Å². The number of sulfonamides is 1. The Morgan fingerprint density at radius 1 is 1.46 bits per heavy atom. The normalized spacial score (nSPS) is 39.5. The van der Waals surface area contributed by atoms with Crippen LogP contribution in [-0.2, 0) is 10.0 Å². The van der Waals surface area contributed by atoms with Crippen LogP contribution in [0.5, 0.6) is 0 Å². The van der Waals surface area contributed by atoms with E-state index in [1.54, 1.807) is 4.31 Å². The smallest absolute Gasteiger partial charge is 0.211 e. The molecule has 2 rings (SSSR count). The van der Waals surface area contributed by atoms with Gasteiger partial charge < -0.3 is 0 Å². The summed E-state index contributed by atoms with van der Waals surface area (Å²) in [6.45, 7) is 5.92. The van der Waals surface area contributed by atoms with Gasteiger partial charge in [0.2, 0.25) is 10.0 Å². The number of hydrogen-bond donors (Lipinski definition) is 0. The molecule has 0 aromatic carbocycles. The van der Waals surface area contributed by atoms with Gasteiger partial charge in [0.05, 0.1) is 6.26 Å². The van der Waals surface area contributed by atoms with E-state index >= 15 is 0 Å². The molecule has 4 heteroatoms. The van der Waals surface area contributed by atoms with E-state index in [9.17, 15) is 8.42 Å². The van der Waals surface area contributed by atoms with Crippen LogP contribution in [-0.4, -0.2) is 32.1 Å². The van der Waals surface area contributed by atoms with Gasteiger partial charge in [-0.3, -0.25) is 0 Å². The fourth-order valence-electron chi connectivity index (χ4n) is 2.62. The van der Waals surface area contributed by atoms with Crippen LogP contribution in [0.3, 0.4) is 0 Å². The average molecular weight is 203 g/mol. The average Bonchev–Trinajstić information content (AvgIpc) is 2.53. The summed E-state index contributed by atoms with van der Waals surface area (Å²) in [5.41, 5.74) is 0.336. The lowest BCUT2D eigenvalue weighted by molar-refractivity contribution is 0.325. The van der Waals surface area contributed by atoms with Crippen molar-refractivity contribution in [3.63, 3.8) is 0 Å². The molecule has 1 saturated heterocycles. The first-order chi connectivity index (χ1) is 5.86. The summed E-state index contributed by atoms with van der Waals surface area (Å²) >= 11 is 0. The molecule has 0 spiro atoms. The minimum Gasteiger partial charge on any atom is -0.213 e. The predicted molar refractivity (Wildman–Crippen MR) is 51.8 cm³/mol. The Labute approximate surface area is 80.2 Å². The quantitative estimate of drug-likeness (QED) is 0.669. The van der Waals surface area contributed by atoms with Crippen LogP contribution in [0, 0.1) is 17.3 Å². The maximum atomic E-state index is 11.3. The van der Waals surface area contributed by atoms with Crippen LogP contribution in [0.2, 0.25) is 0 Å². The highest BCUT2D eigenvalue weighted by molar-refractivity contribution is 7.88. The molecule has 0 amide bonds. The van der Waals surface area contributed by atoms with E-state index in [0.717, 1.165) is 13.1 Å². The summed E-state index contributed by atoms with van der Waals surface area (Å²) in [5, 5.41) is 0. The maximum absolute atomic E-state index is 11.3. The van der Waals surface area contributed by atoms with Crippen molar-refractivity contribution in [3.8, 4) is 0 Å². The summed E-state index contributed by atoms with van der Waals surface area (Å²) in [5.74, 6) is 1.26. The lowest BCUT2D eigenvalue weighted by atomic mass is 9.92. The highest BCUT2D eigenvalue weighted by Gasteiger charge is 2.62. The SMILES string of the molecule is CC(C)C12CC1CN(S(C)(=O)=O)C2. The molecule has 0 bridgehead atoms. The molecule has 1 saturated carbocycles. The summed E-state index contributed by atoms with van der Waals surface area (Å²) in [6.07, 6.45) is 2.54. The molecule has 2 unspecified atom stereocenters. The van der Waals surface area contributed by atoms with Gasteiger partial charge in [0, 0.05) is 13.1 Å². The summed E-state index contributed by atoms with van der Waals surface area (Å²) in [4.78, 5) is 0. The van der Waals surface area contributed by atoms with Crippen molar-refractivity contribution in [1.29, 1.82) is 0 Å². The first-order valence-corrected chi connectivity index (χ1v) is 6.66. The van der Waals surface area contributed by atoms with Crippen molar-refractivity contribution in [2.24, 2.45) is 17.3 Å². The Balaban J connectivity index is 2.14. The highest BCUT2D eigenvalue weighted by Crippen LogP contribution is 2.62. The van der Waals surface area contributed by atoms with Crippen molar-refractivity contribution in [1.82, 2.24) is 4.31 Å². The Morgan fingerprint density at radius 2 is 2.08 bits per heavy atom. The van der Waals surface area contributed by atoms with Gasteiger partial charge in [-0.05, 0) is 23.7 Å². The second-order valence-corrected chi connectivity index (χ2v) is 6.83. The van der Waals surface area contributed by atoms with E-state index in [1.165, 1.54) is 12.7 Å². The van der Waals surface area contributed by atoms with E-state index in [1.807, 2.05) is 0 Å². The molecular weight excluding hydrogens is 186 g/mol. The van der Waals surface area contributed by atoms with Gasteiger partial charge >= 0.3 is 0 Å². The monoisotopic (exact) mass is 203 g/mol.